The lowest BCUT2D eigenvalue weighted by Crippen LogP contribution is -2.30. The van der Waals surface area contributed by atoms with Crippen LogP contribution in [0.15, 0.2) is 60.7 Å². The van der Waals surface area contributed by atoms with Gasteiger partial charge in [0, 0.05) is 11.5 Å². The third-order valence-corrected chi connectivity index (χ3v) is 6.42. The van der Waals surface area contributed by atoms with Crippen molar-refractivity contribution in [2.45, 2.75) is 13.5 Å². The van der Waals surface area contributed by atoms with Gasteiger partial charge in [-0.05, 0) is 41.6 Å². The first kappa shape index (κ1) is 23.2. The third-order valence-electron chi connectivity index (χ3n) is 5.05. The van der Waals surface area contributed by atoms with Crippen molar-refractivity contribution >= 4 is 44.6 Å². The first-order chi connectivity index (χ1) is 16.3. The Morgan fingerprint density at radius 1 is 1.18 bits per heavy atom. The number of hydrogen-bond donors (Lipinski definition) is 1. The molecule has 1 N–H and O–H groups in total. The predicted octanol–water partition coefficient (Wildman–Crippen LogP) is 3.32. The van der Waals surface area contributed by atoms with Crippen molar-refractivity contribution in [2.75, 3.05) is 17.5 Å². The van der Waals surface area contributed by atoms with Crippen LogP contribution in [0.4, 0.5) is 10.1 Å². The molecule has 3 aromatic rings. The molecule has 1 amide bonds. The van der Waals surface area contributed by atoms with E-state index in [2.05, 4.69) is 0 Å². The Morgan fingerprint density at radius 3 is 2.62 bits per heavy atom. The van der Waals surface area contributed by atoms with Crippen LogP contribution in [0.25, 0.3) is 16.8 Å². The van der Waals surface area contributed by atoms with Gasteiger partial charge in [0.05, 0.1) is 6.61 Å². The van der Waals surface area contributed by atoms with Crippen molar-refractivity contribution in [2.24, 2.45) is 0 Å². The monoisotopic (exact) mass is 484 g/mol. The number of halogens is 1. The van der Waals surface area contributed by atoms with Gasteiger partial charge in [-0.15, -0.1) is 0 Å². The zero-order valence-electron chi connectivity index (χ0n) is 18.2. The summed E-state index contributed by atoms with van der Waals surface area (Å²) in [5, 5.41) is 0.552. The molecular formula is C24H21FN2O6S. The molecule has 0 bridgehead atoms. The minimum absolute atomic E-state index is 0.0412. The molecule has 8 nitrogen and oxygen atoms in total. The molecule has 34 heavy (non-hydrogen) atoms. The Balaban J connectivity index is 1.79. The second-order valence-corrected chi connectivity index (χ2v) is 9.01. The van der Waals surface area contributed by atoms with E-state index in [0.717, 1.165) is 5.56 Å². The molecule has 3 aromatic carbocycles. The minimum atomic E-state index is -4.27. The van der Waals surface area contributed by atoms with Crippen LogP contribution in [0.1, 0.15) is 18.1 Å². The zero-order chi connectivity index (χ0) is 24.3. The van der Waals surface area contributed by atoms with Gasteiger partial charge in [0.1, 0.15) is 24.6 Å². The number of fused-ring (bicyclic) bond motifs is 1. The number of anilines is 1. The van der Waals surface area contributed by atoms with Gasteiger partial charge in [0.15, 0.2) is 5.82 Å². The van der Waals surface area contributed by atoms with Crippen molar-refractivity contribution in [1.82, 2.24) is 4.72 Å². The molecule has 4 rings (SSSR count). The number of carbonyl (C=O) groups is 2. The number of amides is 1. The normalized spacial score (nSPS) is 15.0. The molecule has 176 valence electrons. The van der Waals surface area contributed by atoms with Crippen LogP contribution in [0.2, 0.25) is 0 Å². The number of hydrogen-bond acceptors (Lipinski definition) is 6. The summed E-state index contributed by atoms with van der Waals surface area (Å²) in [6.07, 6.45) is 2.79. The quantitative estimate of drug-likeness (QED) is 0.408. The van der Waals surface area contributed by atoms with E-state index in [0.29, 0.717) is 15.3 Å². The van der Waals surface area contributed by atoms with E-state index in [1.54, 1.807) is 19.1 Å². The molecule has 1 heterocycles. The van der Waals surface area contributed by atoms with Gasteiger partial charge in [0.25, 0.3) is 5.91 Å². The summed E-state index contributed by atoms with van der Waals surface area (Å²) in [6.45, 7) is 1.43. The summed E-state index contributed by atoms with van der Waals surface area (Å²) in [5.41, 5.74) is 1.04. The summed E-state index contributed by atoms with van der Waals surface area (Å²) in [6, 6.07) is 15.3. The van der Waals surface area contributed by atoms with Crippen molar-refractivity contribution in [3.63, 3.8) is 0 Å². The first-order valence-electron chi connectivity index (χ1n) is 10.4. The van der Waals surface area contributed by atoms with E-state index in [9.17, 15) is 18.0 Å². The molecule has 1 aliphatic rings. The van der Waals surface area contributed by atoms with Gasteiger partial charge in [-0.1, -0.05) is 42.5 Å². The third kappa shape index (κ3) is 4.86. The summed E-state index contributed by atoms with van der Waals surface area (Å²) >= 11 is 0. The lowest BCUT2D eigenvalue weighted by atomic mass is 10.0. The summed E-state index contributed by atoms with van der Waals surface area (Å²) < 4.78 is 53.9. The van der Waals surface area contributed by atoms with Crippen LogP contribution in [-0.4, -0.2) is 33.4 Å². The van der Waals surface area contributed by atoms with Crippen molar-refractivity contribution < 1.29 is 31.9 Å². The molecule has 1 saturated heterocycles. The fraction of sp³-hybridized carbons (Fsp3) is 0.167. The molecule has 0 radical (unpaired) electrons. The SMILES string of the molecule is CCOC(=O)/C=C/c1ccc2c(F)c(N3CC(=O)NS3(=O)=O)c(OCc3ccccc3)cc2c1. The number of ether oxygens (including phenoxy) is 2. The molecule has 0 atom stereocenters. The maximum absolute atomic E-state index is 15.7. The molecule has 0 aliphatic carbocycles. The highest BCUT2D eigenvalue weighted by molar-refractivity contribution is 7.92. The Kier molecular flexibility index (Phi) is 6.51. The van der Waals surface area contributed by atoms with Gasteiger partial charge < -0.3 is 9.47 Å². The second-order valence-electron chi connectivity index (χ2n) is 7.41. The van der Waals surface area contributed by atoms with Crippen molar-refractivity contribution in [3.05, 3.63) is 77.6 Å². The molecule has 10 heteroatoms. The number of benzene rings is 3. The lowest BCUT2D eigenvalue weighted by Gasteiger charge is -2.21. The molecule has 0 spiro atoms. The maximum Gasteiger partial charge on any atom is 0.330 e. The van der Waals surface area contributed by atoms with Crippen LogP contribution in [-0.2, 0) is 31.1 Å². The van der Waals surface area contributed by atoms with E-state index in [1.807, 2.05) is 35.1 Å². The number of nitrogens with zero attached hydrogens (tertiary/aromatic N) is 1. The van der Waals surface area contributed by atoms with Crippen LogP contribution < -0.4 is 13.8 Å². The molecule has 0 unspecified atom stereocenters. The largest absolute Gasteiger partial charge is 0.487 e. The minimum Gasteiger partial charge on any atom is -0.487 e. The number of esters is 1. The van der Waals surface area contributed by atoms with Crippen LogP contribution in [0.5, 0.6) is 5.75 Å². The van der Waals surface area contributed by atoms with Crippen molar-refractivity contribution in [1.29, 1.82) is 0 Å². The van der Waals surface area contributed by atoms with E-state index >= 15 is 4.39 Å². The van der Waals surface area contributed by atoms with Crippen molar-refractivity contribution in [3.8, 4) is 5.75 Å². The molecule has 1 fully saturated rings. The lowest BCUT2D eigenvalue weighted by molar-refractivity contribution is -0.137. The second kappa shape index (κ2) is 9.52. The Bertz CT molecular complexity index is 1390. The Labute approximate surface area is 195 Å². The standard InChI is InChI=1S/C24H21FN2O6S/c1-2-32-22(29)11-9-16-8-10-19-18(12-16)13-20(33-15-17-6-4-3-5-7-17)24(23(19)25)27-14-21(28)26-34(27,30)31/h3-13H,2,14-15H2,1H3,(H,26,28)/b11-9+. The highest BCUT2D eigenvalue weighted by atomic mass is 32.2. The van der Waals surface area contributed by atoms with E-state index < -0.39 is 34.4 Å². The maximum atomic E-state index is 15.7. The fourth-order valence-electron chi connectivity index (χ4n) is 3.53. The van der Waals surface area contributed by atoms with E-state index in [4.69, 9.17) is 9.47 Å². The average molecular weight is 485 g/mol. The van der Waals surface area contributed by atoms with Gasteiger partial charge in [-0.25, -0.2) is 18.2 Å². The fourth-order valence-corrected chi connectivity index (χ4v) is 4.69. The van der Waals surface area contributed by atoms with Crippen LogP contribution in [0.3, 0.4) is 0 Å². The summed E-state index contributed by atoms with van der Waals surface area (Å²) in [7, 11) is -4.27. The molecular weight excluding hydrogens is 463 g/mol. The Hall–Kier alpha value is -3.92. The van der Waals surface area contributed by atoms with Gasteiger partial charge in [-0.2, -0.15) is 8.42 Å². The topological polar surface area (TPSA) is 102 Å². The Morgan fingerprint density at radius 2 is 1.94 bits per heavy atom. The van der Waals surface area contributed by atoms with Gasteiger partial charge in [-0.3, -0.25) is 4.79 Å². The molecule has 0 aromatic heterocycles. The highest BCUT2D eigenvalue weighted by Crippen LogP contribution is 2.40. The van der Waals surface area contributed by atoms with Gasteiger partial charge in [0.2, 0.25) is 0 Å². The van der Waals surface area contributed by atoms with Crippen LogP contribution >= 0.6 is 0 Å². The predicted molar refractivity (Wildman–Crippen MR) is 125 cm³/mol. The summed E-state index contributed by atoms with van der Waals surface area (Å²) in [4.78, 5) is 23.4. The van der Waals surface area contributed by atoms with Crippen LogP contribution in [0, 0.1) is 5.82 Å². The van der Waals surface area contributed by atoms with Gasteiger partial charge >= 0.3 is 16.2 Å². The zero-order valence-corrected chi connectivity index (χ0v) is 19.0. The first-order valence-corrected chi connectivity index (χ1v) is 11.8. The molecule has 1 aliphatic heterocycles. The number of nitrogens with one attached hydrogen (secondary N) is 1. The van der Waals surface area contributed by atoms with E-state index in [1.165, 1.54) is 24.3 Å². The number of carbonyl (C=O) groups excluding carboxylic acids is 2. The average Bonchev–Trinajstić information content (AvgIpc) is 3.08. The van der Waals surface area contributed by atoms with E-state index in [-0.39, 0.29) is 30.0 Å². The molecule has 0 saturated carbocycles. The highest BCUT2D eigenvalue weighted by Gasteiger charge is 2.38. The number of rotatable bonds is 7. The smallest absolute Gasteiger partial charge is 0.330 e. The summed E-state index contributed by atoms with van der Waals surface area (Å²) in [5.74, 6) is -2.16.